The molecule has 3 N–H and O–H groups in total. The molecule has 0 aliphatic heterocycles. The molecule has 1 aromatic rings. The summed E-state index contributed by atoms with van der Waals surface area (Å²) in [6.07, 6.45) is 1.43. The monoisotopic (exact) mass is 209 g/mol. The van der Waals surface area contributed by atoms with Gasteiger partial charge in [-0.25, -0.2) is 4.98 Å². The normalized spacial score (nSPS) is 9.47. The molecule has 0 radical (unpaired) electrons. The number of ether oxygens (including phenoxy) is 1. The summed E-state index contributed by atoms with van der Waals surface area (Å²) in [5.41, 5.74) is 5.11. The average molecular weight is 209 g/mol. The molecular weight excluding hydrogens is 198 g/mol. The van der Waals surface area contributed by atoms with Crippen molar-refractivity contribution in [2.24, 2.45) is 5.73 Å². The van der Waals surface area contributed by atoms with Crippen LogP contribution in [0.5, 0.6) is 5.75 Å². The Labute approximate surface area is 86.4 Å². The Kier molecular flexibility index (Phi) is 3.75. The van der Waals surface area contributed by atoms with Crippen molar-refractivity contribution in [3.8, 4) is 5.75 Å². The topological polar surface area (TPSA) is 94.3 Å². The first-order valence-electron chi connectivity index (χ1n) is 4.22. The van der Waals surface area contributed by atoms with E-state index in [0.717, 1.165) is 0 Å². The number of nitrogens with zero attached hydrogens (tertiary/aromatic N) is 1. The predicted octanol–water partition coefficient (Wildman–Crippen LogP) is -0.695. The minimum atomic E-state index is -0.622. The molecule has 0 bridgehead atoms. The molecule has 1 heterocycles. The minimum Gasteiger partial charge on any atom is -0.494 e. The van der Waals surface area contributed by atoms with Gasteiger partial charge in [-0.05, 0) is 12.1 Å². The van der Waals surface area contributed by atoms with Crippen molar-refractivity contribution < 1.29 is 14.3 Å². The van der Waals surface area contributed by atoms with Crippen molar-refractivity contribution in [1.82, 2.24) is 10.3 Å². The fourth-order valence-electron chi connectivity index (χ4n) is 0.963. The second-order valence-electron chi connectivity index (χ2n) is 2.64. The molecule has 0 aliphatic carbocycles. The van der Waals surface area contributed by atoms with Crippen LogP contribution in [0.4, 0.5) is 0 Å². The van der Waals surface area contributed by atoms with Gasteiger partial charge in [0.2, 0.25) is 5.91 Å². The Balaban J connectivity index is 2.86. The van der Waals surface area contributed by atoms with Crippen molar-refractivity contribution in [1.29, 1.82) is 0 Å². The van der Waals surface area contributed by atoms with Crippen LogP contribution < -0.4 is 15.8 Å². The molecule has 0 saturated heterocycles. The number of nitrogens with two attached hydrogens (primary N) is 1. The first-order valence-corrected chi connectivity index (χ1v) is 4.22. The molecular formula is C9H11N3O3. The average Bonchev–Trinajstić information content (AvgIpc) is 2.28. The van der Waals surface area contributed by atoms with Gasteiger partial charge in [0.1, 0.15) is 5.75 Å². The van der Waals surface area contributed by atoms with E-state index in [4.69, 9.17) is 10.5 Å². The molecule has 2 amide bonds. The van der Waals surface area contributed by atoms with Crippen LogP contribution >= 0.6 is 0 Å². The highest BCUT2D eigenvalue weighted by Gasteiger charge is 2.14. The maximum absolute atomic E-state index is 11.5. The van der Waals surface area contributed by atoms with Crippen molar-refractivity contribution in [2.75, 3.05) is 13.7 Å². The van der Waals surface area contributed by atoms with E-state index in [9.17, 15) is 9.59 Å². The summed E-state index contributed by atoms with van der Waals surface area (Å²) < 4.78 is 4.92. The van der Waals surface area contributed by atoms with E-state index in [2.05, 4.69) is 10.3 Å². The molecule has 6 nitrogen and oxygen atoms in total. The summed E-state index contributed by atoms with van der Waals surface area (Å²) >= 11 is 0. The molecule has 0 aromatic carbocycles. The highest BCUT2D eigenvalue weighted by Crippen LogP contribution is 2.13. The molecule has 15 heavy (non-hydrogen) atoms. The standard InChI is InChI=1S/C9H11N3O3/c1-15-6-3-2-4-11-8(6)9(14)12-7(13)5-10/h2-4H,5,10H2,1H3,(H,12,13,14). The third-order valence-electron chi connectivity index (χ3n) is 1.64. The van der Waals surface area contributed by atoms with Gasteiger partial charge in [0.25, 0.3) is 5.91 Å². The second kappa shape index (κ2) is 5.06. The zero-order valence-corrected chi connectivity index (χ0v) is 8.19. The maximum atomic E-state index is 11.5. The zero-order chi connectivity index (χ0) is 11.3. The number of carbonyl (C=O) groups excluding carboxylic acids is 2. The summed E-state index contributed by atoms with van der Waals surface area (Å²) in [6.45, 7) is -0.249. The largest absolute Gasteiger partial charge is 0.494 e. The molecule has 80 valence electrons. The van der Waals surface area contributed by atoms with Gasteiger partial charge in [-0.2, -0.15) is 0 Å². The van der Waals surface area contributed by atoms with Crippen LogP contribution in [-0.4, -0.2) is 30.5 Å². The smallest absolute Gasteiger partial charge is 0.280 e. The zero-order valence-electron chi connectivity index (χ0n) is 8.19. The Morgan fingerprint density at radius 1 is 1.60 bits per heavy atom. The van der Waals surface area contributed by atoms with Crippen LogP contribution in [0.2, 0.25) is 0 Å². The molecule has 0 saturated carbocycles. The number of imide groups is 1. The number of carbonyl (C=O) groups is 2. The van der Waals surface area contributed by atoms with E-state index in [0.29, 0.717) is 5.75 Å². The third-order valence-corrected chi connectivity index (χ3v) is 1.64. The van der Waals surface area contributed by atoms with E-state index in [1.54, 1.807) is 12.1 Å². The third kappa shape index (κ3) is 2.75. The van der Waals surface area contributed by atoms with E-state index < -0.39 is 11.8 Å². The first kappa shape index (κ1) is 11.1. The summed E-state index contributed by atoms with van der Waals surface area (Å²) in [4.78, 5) is 26.1. The van der Waals surface area contributed by atoms with Crippen LogP contribution in [0.15, 0.2) is 18.3 Å². The predicted molar refractivity (Wildman–Crippen MR) is 52.3 cm³/mol. The van der Waals surface area contributed by atoms with Crippen LogP contribution in [0.3, 0.4) is 0 Å². The number of nitrogens with one attached hydrogen (secondary N) is 1. The van der Waals surface area contributed by atoms with Crippen molar-refractivity contribution >= 4 is 11.8 Å². The van der Waals surface area contributed by atoms with Crippen LogP contribution in [0.1, 0.15) is 10.5 Å². The van der Waals surface area contributed by atoms with Crippen molar-refractivity contribution in [2.45, 2.75) is 0 Å². The summed E-state index contributed by atoms with van der Waals surface area (Å²) in [6, 6.07) is 3.20. The number of amides is 2. The van der Waals surface area contributed by atoms with Gasteiger partial charge < -0.3 is 10.5 Å². The van der Waals surface area contributed by atoms with Gasteiger partial charge in [0.15, 0.2) is 5.69 Å². The molecule has 1 rings (SSSR count). The molecule has 1 aromatic heterocycles. The molecule has 0 unspecified atom stereocenters. The van der Waals surface area contributed by atoms with E-state index in [1.165, 1.54) is 13.3 Å². The molecule has 0 atom stereocenters. The van der Waals surface area contributed by atoms with Crippen LogP contribution in [0.25, 0.3) is 0 Å². The van der Waals surface area contributed by atoms with Gasteiger partial charge in [-0.3, -0.25) is 14.9 Å². The summed E-state index contributed by atoms with van der Waals surface area (Å²) in [7, 11) is 1.42. The van der Waals surface area contributed by atoms with E-state index in [1.807, 2.05) is 0 Å². The lowest BCUT2D eigenvalue weighted by Gasteiger charge is -2.05. The molecule has 0 aliphatic rings. The fraction of sp³-hybridized carbons (Fsp3) is 0.222. The fourth-order valence-corrected chi connectivity index (χ4v) is 0.963. The molecule has 0 fully saturated rings. The summed E-state index contributed by atoms with van der Waals surface area (Å²) in [5, 5.41) is 2.08. The Bertz CT molecular complexity index is 379. The number of pyridine rings is 1. The number of methoxy groups -OCH3 is 1. The van der Waals surface area contributed by atoms with Crippen molar-refractivity contribution in [3.63, 3.8) is 0 Å². The van der Waals surface area contributed by atoms with Gasteiger partial charge in [0.05, 0.1) is 13.7 Å². The molecule has 0 spiro atoms. The number of aromatic nitrogens is 1. The number of hydrogen-bond donors (Lipinski definition) is 2. The van der Waals surface area contributed by atoms with Gasteiger partial charge in [-0.15, -0.1) is 0 Å². The number of hydrogen-bond acceptors (Lipinski definition) is 5. The lowest BCUT2D eigenvalue weighted by molar-refractivity contribution is -0.118. The van der Waals surface area contributed by atoms with Crippen LogP contribution in [0, 0.1) is 0 Å². The van der Waals surface area contributed by atoms with Crippen LogP contribution in [-0.2, 0) is 4.79 Å². The van der Waals surface area contributed by atoms with Crippen molar-refractivity contribution in [3.05, 3.63) is 24.0 Å². The van der Waals surface area contributed by atoms with Gasteiger partial charge in [0, 0.05) is 6.20 Å². The second-order valence-corrected chi connectivity index (χ2v) is 2.64. The van der Waals surface area contributed by atoms with E-state index >= 15 is 0 Å². The lowest BCUT2D eigenvalue weighted by atomic mass is 10.3. The SMILES string of the molecule is COc1cccnc1C(=O)NC(=O)CN. The minimum absolute atomic E-state index is 0.0572. The van der Waals surface area contributed by atoms with Gasteiger partial charge >= 0.3 is 0 Å². The van der Waals surface area contributed by atoms with Gasteiger partial charge in [-0.1, -0.05) is 0 Å². The molecule has 6 heteroatoms. The first-order chi connectivity index (χ1) is 7.19. The summed E-state index contributed by atoms with van der Waals surface area (Å²) in [5.74, 6) is -0.879. The number of rotatable bonds is 3. The Morgan fingerprint density at radius 3 is 2.93 bits per heavy atom. The highest BCUT2D eigenvalue weighted by atomic mass is 16.5. The Morgan fingerprint density at radius 2 is 2.33 bits per heavy atom. The Hall–Kier alpha value is -1.95. The lowest BCUT2D eigenvalue weighted by Crippen LogP contribution is -2.35. The highest BCUT2D eigenvalue weighted by molar-refractivity contribution is 6.05. The van der Waals surface area contributed by atoms with E-state index in [-0.39, 0.29) is 12.2 Å². The maximum Gasteiger partial charge on any atom is 0.280 e. The quantitative estimate of drug-likeness (QED) is 0.686.